The highest BCUT2D eigenvalue weighted by Crippen LogP contribution is 2.19. The van der Waals surface area contributed by atoms with Crippen LogP contribution in [0.5, 0.6) is 0 Å². The third-order valence-electron chi connectivity index (χ3n) is 2.61. The lowest BCUT2D eigenvalue weighted by Gasteiger charge is -2.18. The maximum Gasteiger partial charge on any atom is 0.0758 e. The Kier molecular flexibility index (Phi) is 4.16. The average molecular weight is 186 g/mol. The Morgan fingerprint density at radius 1 is 1.54 bits per heavy atom. The van der Waals surface area contributed by atoms with Gasteiger partial charge in [0.2, 0.25) is 0 Å². The van der Waals surface area contributed by atoms with Crippen molar-refractivity contribution < 1.29 is 5.11 Å². The summed E-state index contributed by atoms with van der Waals surface area (Å²) in [4.78, 5) is 2.34. The van der Waals surface area contributed by atoms with Crippen LogP contribution in [0.3, 0.4) is 0 Å². The number of β-amino-alcohol motifs (C(OH)–C–C–N with tert-alkyl or cyclic N) is 1. The molecule has 0 saturated carbocycles. The van der Waals surface area contributed by atoms with Gasteiger partial charge in [-0.25, -0.2) is 0 Å². The second kappa shape index (κ2) is 4.94. The summed E-state index contributed by atoms with van der Waals surface area (Å²) in [5, 5.41) is 13.0. The molecule has 1 unspecified atom stereocenters. The van der Waals surface area contributed by atoms with Gasteiger partial charge in [0.25, 0.3) is 0 Å². The number of aliphatic hydroxyl groups is 1. The van der Waals surface area contributed by atoms with E-state index >= 15 is 0 Å². The maximum atomic E-state index is 9.71. The number of nitrogens with one attached hydrogen (secondary N) is 1. The molecule has 1 aliphatic rings. The highest BCUT2D eigenvalue weighted by Gasteiger charge is 2.30. The van der Waals surface area contributed by atoms with Crippen LogP contribution in [0.15, 0.2) is 0 Å². The summed E-state index contributed by atoms with van der Waals surface area (Å²) < 4.78 is 0. The van der Waals surface area contributed by atoms with Gasteiger partial charge in [-0.2, -0.15) is 0 Å². The minimum absolute atomic E-state index is 0.432. The van der Waals surface area contributed by atoms with Crippen LogP contribution in [0.2, 0.25) is 0 Å². The smallest absolute Gasteiger partial charge is 0.0758 e. The van der Waals surface area contributed by atoms with Crippen LogP contribution in [-0.4, -0.2) is 48.3 Å². The molecule has 0 spiro atoms. The predicted molar refractivity (Wildman–Crippen MR) is 54.8 cm³/mol. The number of rotatable bonds is 5. The van der Waals surface area contributed by atoms with E-state index in [1.54, 1.807) is 0 Å². The van der Waals surface area contributed by atoms with E-state index in [1.165, 1.54) is 6.42 Å². The zero-order valence-electron chi connectivity index (χ0n) is 8.84. The monoisotopic (exact) mass is 186 g/mol. The van der Waals surface area contributed by atoms with Crippen LogP contribution in [0.25, 0.3) is 0 Å². The highest BCUT2D eigenvalue weighted by atomic mass is 16.3. The first-order valence-electron chi connectivity index (χ1n) is 5.29. The molecular weight excluding hydrogens is 164 g/mol. The zero-order valence-corrected chi connectivity index (χ0v) is 8.84. The molecule has 78 valence electrons. The normalized spacial score (nSPS) is 29.8. The van der Waals surface area contributed by atoms with Crippen LogP contribution in [0.1, 0.15) is 26.7 Å². The second-order valence-corrected chi connectivity index (χ2v) is 4.23. The molecule has 0 aromatic heterocycles. The Bertz CT molecular complexity index is 148. The van der Waals surface area contributed by atoms with Gasteiger partial charge >= 0.3 is 0 Å². The number of hydrogen-bond donors (Lipinski definition) is 2. The van der Waals surface area contributed by atoms with Gasteiger partial charge in [0.15, 0.2) is 0 Å². The van der Waals surface area contributed by atoms with Crippen molar-refractivity contribution in [2.45, 2.75) is 32.3 Å². The second-order valence-electron chi connectivity index (χ2n) is 4.23. The van der Waals surface area contributed by atoms with E-state index in [-0.39, 0.29) is 0 Å². The molecule has 3 heteroatoms. The average Bonchev–Trinajstić information content (AvgIpc) is 2.40. The standard InChI is InChI=1S/C10H22N2O/c1-3-11-6-4-7-12-8-5-10(2,13)9-12/h11,13H,3-9H2,1-2H3. The van der Waals surface area contributed by atoms with Gasteiger partial charge in [-0.1, -0.05) is 6.92 Å². The summed E-state index contributed by atoms with van der Waals surface area (Å²) in [5.41, 5.74) is -0.432. The van der Waals surface area contributed by atoms with E-state index in [2.05, 4.69) is 17.1 Å². The lowest BCUT2D eigenvalue weighted by Crippen LogP contribution is -2.31. The van der Waals surface area contributed by atoms with Crippen molar-refractivity contribution >= 4 is 0 Å². The van der Waals surface area contributed by atoms with Gasteiger partial charge in [-0.05, 0) is 39.4 Å². The topological polar surface area (TPSA) is 35.5 Å². The molecule has 0 amide bonds. The third-order valence-corrected chi connectivity index (χ3v) is 2.61. The van der Waals surface area contributed by atoms with Gasteiger partial charge in [-0.3, -0.25) is 0 Å². The summed E-state index contributed by atoms with van der Waals surface area (Å²) in [6, 6.07) is 0. The molecule has 0 aliphatic carbocycles. The van der Waals surface area contributed by atoms with E-state index in [4.69, 9.17) is 0 Å². The molecule has 3 nitrogen and oxygen atoms in total. The molecule has 0 radical (unpaired) electrons. The summed E-state index contributed by atoms with van der Waals surface area (Å²) in [6.45, 7) is 9.21. The molecule has 13 heavy (non-hydrogen) atoms. The molecular formula is C10H22N2O. The highest BCUT2D eigenvalue weighted by molar-refractivity contribution is 4.85. The van der Waals surface area contributed by atoms with Crippen LogP contribution in [-0.2, 0) is 0 Å². The van der Waals surface area contributed by atoms with Gasteiger partial charge in [-0.15, -0.1) is 0 Å². The fourth-order valence-electron chi connectivity index (χ4n) is 1.83. The van der Waals surface area contributed by atoms with E-state index in [1.807, 2.05) is 6.92 Å². The molecule has 1 rings (SSSR count). The van der Waals surface area contributed by atoms with E-state index < -0.39 is 5.60 Å². The van der Waals surface area contributed by atoms with Crippen molar-refractivity contribution in [3.05, 3.63) is 0 Å². The Hall–Kier alpha value is -0.120. The molecule has 0 aromatic rings. The number of hydrogen-bond acceptors (Lipinski definition) is 3. The fourth-order valence-corrected chi connectivity index (χ4v) is 1.83. The van der Waals surface area contributed by atoms with Crippen LogP contribution in [0, 0.1) is 0 Å². The maximum absolute atomic E-state index is 9.71. The molecule has 2 N–H and O–H groups in total. The van der Waals surface area contributed by atoms with Gasteiger partial charge in [0.05, 0.1) is 5.60 Å². The Labute approximate surface area is 81.1 Å². The molecule has 1 heterocycles. The SMILES string of the molecule is CCNCCCN1CCC(C)(O)C1. The van der Waals surface area contributed by atoms with Crippen molar-refractivity contribution in [2.24, 2.45) is 0 Å². The van der Waals surface area contributed by atoms with Crippen molar-refractivity contribution in [3.8, 4) is 0 Å². The van der Waals surface area contributed by atoms with Crippen LogP contribution < -0.4 is 5.32 Å². The van der Waals surface area contributed by atoms with Crippen molar-refractivity contribution in [1.29, 1.82) is 0 Å². The molecule has 1 saturated heterocycles. The molecule has 1 atom stereocenters. The first kappa shape index (κ1) is 11.0. The number of nitrogens with zero attached hydrogens (tertiary/aromatic N) is 1. The van der Waals surface area contributed by atoms with Crippen LogP contribution in [0.4, 0.5) is 0 Å². The van der Waals surface area contributed by atoms with Crippen LogP contribution >= 0.6 is 0 Å². The number of likely N-dealkylation sites (tertiary alicyclic amines) is 1. The van der Waals surface area contributed by atoms with E-state index in [0.29, 0.717) is 0 Å². The first-order valence-corrected chi connectivity index (χ1v) is 5.29. The quantitative estimate of drug-likeness (QED) is 0.612. The van der Waals surface area contributed by atoms with E-state index in [0.717, 1.165) is 39.1 Å². The minimum atomic E-state index is -0.432. The summed E-state index contributed by atoms with van der Waals surface area (Å²) in [7, 11) is 0. The van der Waals surface area contributed by atoms with Crippen molar-refractivity contribution in [3.63, 3.8) is 0 Å². The Balaban J connectivity index is 2.04. The van der Waals surface area contributed by atoms with E-state index in [9.17, 15) is 5.11 Å². The largest absolute Gasteiger partial charge is 0.389 e. The molecule has 1 fully saturated rings. The third kappa shape index (κ3) is 4.07. The first-order chi connectivity index (χ1) is 6.14. The summed E-state index contributed by atoms with van der Waals surface area (Å²) in [6.07, 6.45) is 2.11. The van der Waals surface area contributed by atoms with Gasteiger partial charge in [0.1, 0.15) is 0 Å². The minimum Gasteiger partial charge on any atom is -0.389 e. The van der Waals surface area contributed by atoms with Gasteiger partial charge in [0, 0.05) is 13.1 Å². The van der Waals surface area contributed by atoms with Gasteiger partial charge < -0.3 is 15.3 Å². The van der Waals surface area contributed by atoms with Crippen molar-refractivity contribution in [2.75, 3.05) is 32.7 Å². The molecule has 0 aromatic carbocycles. The summed E-state index contributed by atoms with van der Waals surface area (Å²) >= 11 is 0. The summed E-state index contributed by atoms with van der Waals surface area (Å²) in [5.74, 6) is 0. The molecule has 0 bridgehead atoms. The lowest BCUT2D eigenvalue weighted by atomic mass is 10.1. The molecule has 1 aliphatic heterocycles. The Morgan fingerprint density at radius 2 is 2.31 bits per heavy atom. The fraction of sp³-hybridized carbons (Fsp3) is 1.00. The lowest BCUT2D eigenvalue weighted by molar-refractivity contribution is 0.0687. The van der Waals surface area contributed by atoms with Crippen molar-refractivity contribution in [1.82, 2.24) is 10.2 Å². The Morgan fingerprint density at radius 3 is 2.85 bits per heavy atom. The zero-order chi connectivity index (χ0) is 9.73. The predicted octanol–water partition coefficient (Wildman–Crippen LogP) is 0.443.